The Morgan fingerprint density at radius 2 is 1.82 bits per heavy atom. The summed E-state index contributed by atoms with van der Waals surface area (Å²) >= 11 is 3.52. The molecule has 0 aromatic carbocycles. The van der Waals surface area contributed by atoms with Gasteiger partial charge in [-0.3, -0.25) is 14.7 Å². The van der Waals surface area contributed by atoms with Crippen LogP contribution in [-0.2, 0) is 22.3 Å². The summed E-state index contributed by atoms with van der Waals surface area (Å²) in [6, 6.07) is -0.265. The molecule has 1 aliphatic heterocycles. The third-order valence-electron chi connectivity index (χ3n) is 6.31. The Hall–Kier alpha value is -2.83. The quantitative estimate of drug-likeness (QED) is 0.451. The number of carbonyl (C=O) groups excluding carboxylic acids is 2. The summed E-state index contributed by atoms with van der Waals surface area (Å²) in [5.74, 6) is -1.62. The van der Waals surface area contributed by atoms with Crippen molar-refractivity contribution < 1.29 is 31.9 Å². The minimum absolute atomic E-state index is 0.0374. The van der Waals surface area contributed by atoms with Crippen LogP contribution in [0.2, 0.25) is 0 Å². The summed E-state index contributed by atoms with van der Waals surface area (Å²) in [5, 5.41) is 2.73. The number of ether oxygens (including phenoxy) is 1. The highest BCUT2D eigenvalue weighted by Crippen LogP contribution is 2.45. The van der Waals surface area contributed by atoms with Gasteiger partial charge in [0, 0.05) is 40.3 Å². The van der Waals surface area contributed by atoms with Gasteiger partial charge in [-0.25, -0.2) is 19.2 Å². The number of nitrogens with one attached hydrogen (secondary N) is 1. The van der Waals surface area contributed by atoms with Crippen molar-refractivity contribution in [2.75, 3.05) is 0 Å². The first-order chi connectivity index (χ1) is 17.7. The third kappa shape index (κ3) is 6.24. The van der Waals surface area contributed by atoms with Gasteiger partial charge in [-0.1, -0.05) is 0 Å². The SMILES string of the molecule is C[C@H]1[C@H](F)C[C@@H](C(=O)NCc2cc(-c3cnc(C(F)(F)F)nc3)c(Br)c(C3CC3)n2)N1C(=O)OC(C)(C)C. The van der Waals surface area contributed by atoms with E-state index in [1.165, 1.54) is 6.92 Å². The molecule has 206 valence electrons. The zero-order valence-corrected chi connectivity index (χ0v) is 22.9. The van der Waals surface area contributed by atoms with Crippen LogP contribution in [0.1, 0.15) is 70.1 Å². The second-order valence-electron chi connectivity index (χ2n) is 10.5. The topological polar surface area (TPSA) is 97.3 Å². The number of hydrogen-bond donors (Lipinski definition) is 1. The van der Waals surface area contributed by atoms with E-state index >= 15 is 0 Å². The number of amides is 2. The first kappa shape index (κ1) is 28.2. The fraction of sp³-hybridized carbons (Fsp3) is 0.560. The van der Waals surface area contributed by atoms with Gasteiger partial charge in [0.15, 0.2) is 0 Å². The molecule has 2 fully saturated rings. The van der Waals surface area contributed by atoms with Gasteiger partial charge < -0.3 is 10.1 Å². The van der Waals surface area contributed by atoms with E-state index in [9.17, 15) is 27.2 Å². The molecular formula is C25H28BrF4N5O3. The number of pyridine rings is 1. The number of nitrogens with zero attached hydrogens (tertiary/aromatic N) is 4. The van der Waals surface area contributed by atoms with E-state index in [0.29, 0.717) is 21.3 Å². The summed E-state index contributed by atoms with van der Waals surface area (Å²) < 4.78 is 59.3. The van der Waals surface area contributed by atoms with Gasteiger partial charge in [0.25, 0.3) is 0 Å². The summed E-state index contributed by atoms with van der Waals surface area (Å²) in [4.78, 5) is 38.5. The lowest BCUT2D eigenvalue weighted by atomic mass is 10.1. The highest BCUT2D eigenvalue weighted by Gasteiger charge is 2.46. The molecule has 8 nitrogen and oxygen atoms in total. The van der Waals surface area contributed by atoms with E-state index in [2.05, 4.69) is 36.2 Å². The molecule has 2 aromatic heterocycles. The van der Waals surface area contributed by atoms with Crippen LogP contribution in [0.5, 0.6) is 0 Å². The van der Waals surface area contributed by atoms with E-state index in [1.54, 1.807) is 26.8 Å². The van der Waals surface area contributed by atoms with Crippen molar-refractivity contribution in [2.24, 2.45) is 0 Å². The second kappa shape index (κ2) is 10.4. The van der Waals surface area contributed by atoms with Crippen molar-refractivity contribution >= 4 is 27.9 Å². The predicted octanol–water partition coefficient (Wildman–Crippen LogP) is 5.55. The normalized spacial score (nSPS) is 21.9. The molecule has 0 unspecified atom stereocenters. The smallest absolute Gasteiger partial charge is 0.444 e. The lowest BCUT2D eigenvalue weighted by Crippen LogP contribution is -2.50. The number of rotatable bonds is 5. The van der Waals surface area contributed by atoms with Gasteiger partial charge in [0.2, 0.25) is 11.7 Å². The first-order valence-electron chi connectivity index (χ1n) is 12.2. The van der Waals surface area contributed by atoms with Crippen molar-refractivity contribution in [2.45, 2.75) is 89.5 Å². The van der Waals surface area contributed by atoms with Crippen molar-refractivity contribution in [3.63, 3.8) is 0 Å². The van der Waals surface area contributed by atoms with Crippen molar-refractivity contribution in [1.29, 1.82) is 0 Å². The molecule has 3 atom stereocenters. The second-order valence-corrected chi connectivity index (χ2v) is 11.3. The van der Waals surface area contributed by atoms with Crippen LogP contribution in [0.25, 0.3) is 11.1 Å². The van der Waals surface area contributed by atoms with Crippen LogP contribution >= 0.6 is 15.9 Å². The third-order valence-corrected chi connectivity index (χ3v) is 7.15. The average molecular weight is 602 g/mol. The Labute approximate surface area is 225 Å². The molecule has 2 aromatic rings. The zero-order valence-electron chi connectivity index (χ0n) is 21.3. The Balaban J connectivity index is 1.55. The largest absolute Gasteiger partial charge is 0.451 e. The van der Waals surface area contributed by atoms with Gasteiger partial charge in [-0.05, 0) is 62.5 Å². The van der Waals surface area contributed by atoms with Crippen LogP contribution < -0.4 is 5.32 Å². The van der Waals surface area contributed by atoms with Gasteiger partial charge in [-0.2, -0.15) is 13.2 Å². The van der Waals surface area contributed by atoms with Crippen LogP contribution in [-0.4, -0.2) is 55.7 Å². The monoisotopic (exact) mass is 601 g/mol. The Morgan fingerprint density at radius 1 is 1.18 bits per heavy atom. The number of likely N-dealkylation sites (tertiary alicyclic amines) is 1. The number of hydrogen-bond acceptors (Lipinski definition) is 6. The lowest BCUT2D eigenvalue weighted by Gasteiger charge is -2.30. The lowest BCUT2D eigenvalue weighted by molar-refractivity contribution is -0.145. The molecule has 1 aliphatic carbocycles. The van der Waals surface area contributed by atoms with Crippen molar-refractivity contribution in [3.05, 3.63) is 40.1 Å². The fourth-order valence-corrected chi connectivity index (χ4v) is 5.02. The van der Waals surface area contributed by atoms with E-state index in [-0.39, 0.29) is 18.9 Å². The maximum atomic E-state index is 14.5. The van der Waals surface area contributed by atoms with E-state index in [0.717, 1.165) is 35.8 Å². The molecule has 13 heteroatoms. The zero-order chi connectivity index (χ0) is 28.0. The predicted molar refractivity (Wildman–Crippen MR) is 133 cm³/mol. The number of alkyl halides is 4. The molecule has 1 saturated heterocycles. The van der Waals surface area contributed by atoms with Gasteiger partial charge >= 0.3 is 12.3 Å². The van der Waals surface area contributed by atoms with Gasteiger partial charge in [0.1, 0.15) is 17.8 Å². The minimum atomic E-state index is -4.66. The van der Waals surface area contributed by atoms with E-state index in [4.69, 9.17) is 4.74 Å². The van der Waals surface area contributed by atoms with Crippen LogP contribution in [0.3, 0.4) is 0 Å². The molecule has 3 heterocycles. The molecule has 0 spiro atoms. The number of carbonyl (C=O) groups is 2. The van der Waals surface area contributed by atoms with Crippen LogP contribution in [0.15, 0.2) is 22.9 Å². The van der Waals surface area contributed by atoms with Crippen LogP contribution in [0.4, 0.5) is 22.4 Å². The molecule has 2 amide bonds. The first-order valence-corrected chi connectivity index (χ1v) is 13.0. The maximum absolute atomic E-state index is 14.5. The molecule has 1 N–H and O–H groups in total. The Kier molecular flexibility index (Phi) is 7.70. The van der Waals surface area contributed by atoms with E-state index in [1.807, 2.05) is 0 Å². The molecule has 0 bridgehead atoms. The van der Waals surface area contributed by atoms with Gasteiger partial charge in [0.05, 0.1) is 24.0 Å². The van der Waals surface area contributed by atoms with Crippen molar-refractivity contribution in [1.82, 2.24) is 25.2 Å². The fourth-order valence-electron chi connectivity index (χ4n) is 4.26. The summed E-state index contributed by atoms with van der Waals surface area (Å²) in [6.45, 7) is 6.54. The van der Waals surface area contributed by atoms with Gasteiger partial charge in [-0.15, -0.1) is 0 Å². The molecular weight excluding hydrogens is 574 g/mol. The number of halogens is 5. The Bertz CT molecular complexity index is 1220. The van der Waals surface area contributed by atoms with Crippen molar-refractivity contribution in [3.8, 4) is 11.1 Å². The summed E-state index contributed by atoms with van der Waals surface area (Å²) in [6.07, 6.45) is -2.98. The van der Waals surface area contributed by atoms with E-state index < -0.39 is 47.9 Å². The molecule has 0 radical (unpaired) electrons. The number of aromatic nitrogens is 3. The molecule has 38 heavy (non-hydrogen) atoms. The average Bonchev–Trinajstić information content (AvgIpc) is 3.61. The summed E-state index contributed by atoms with van der Waals surface area (Å²) in [7, 11) is 0. The Morgan fingerprint density at radius 3 is 2.37 bits per heavy atom. The minimum Gasteiger partial charge on any atom is -0.444 e. The highest BCUT2D eigenvalue weighted by molar-refractivity contribution is 9.10. The standard InChI is InChI=1S/C25H28BrF4N5O3/c1-12-17(27)8-18(35(12)23(37)38-24(2,3)4)21(36)31-11-15-7-16(19(26)20(34-15)13-5-6-13)14-9-32-22(33-10-14)25(28,29)30/h7,9-10,12-13,17-18H,5-6,8,11H2,1-4H3,(H,31,36)/t12-,17+,18-/m0/s1. The highest BCUT2D eigenvalue weighted by atomic mass is 79.9. The van der Waals surface area contributed by atoms with Crippen LogP contribution in [0, 0.1) is 0 Å². The maximum Gasteiger partial charge on any atom is 0.451 e. The summed E-state index contributed by atoms with van der Waals surface area (Å²) in [5.41, 5.74) is 1.24. The molecule has 2 aliphatic rings. The molecule has 4 rings (SSSR count). The molecule has 1 saturated carbocycles.